The smallest absolute Gasteiger partial charge is 0.108 e. The molecular formula is C12H20N4O3. The third-order valence-electron chi connectivity index (χ3n) is 3.75. The van der Waals surface area contributed by atoms with Crippen molar-refractivity contribution in [2.45, 2.75) is 44.2 Å². The molecule has 3 atom stereocenters. The monoisotopic (exact) mass is 268 g/mol. The van der Waals surface area contributed by atoms with Gasteiger partial charge in [-0.1, -0.05) is 5.21 Å². The van der Waals surface area contributed by atoms with Gasteiger partial charge in [-0.3, -0.25) is 0 Å². The molecule has 1 aliphatic heterocycles. The zero-order valence-electron chi connectivity index (χ0n) is 10.8. The summed E-state index contributed by atoms with van der Waals surface area (Å²) in [6.07, 6.45) is 3.69. The van der Waals surface area contributed by atoms with Crippen LogP contribution in [0.2, 0.25) is 0 Å². The quantitative estimate of drug-likeness (QED) is 0.606. The van der Waals surface area contributed by atoms with Crippen molar-refractivity contribution in [2.75, 3.05) is 13.2 Å². The molecule has 1 saturated carbocycles. The Morgan fingerprint density at radius 2 is 2.32 bits per heavy atom. The van der Waals surface area contributed by atoms with E-state index in [0.29, 0.717) is 18.8 Å². The van der Waals surface area contributed by atoms with Gasteiger partial charge in [0.05, 0.1) is 44.2 Å². The molecule has 1 aromatic heterocycles. The lowest BCUT2D eigenvalue weighted by molar-refractivity contribution is 0.0741. The highest BCUT2D eigenvalue weighted by Gasteiger charge is 2.37. The normalized spacial score (nSPS) is 30.9. The lowest BCUT2D eigenvalue weighted by atomic mass is 10.1. The van der Waals surface area contributed by atoms with E-state index in [1.807, 2.05) is 0 Å². The van der Waals surface area contributed by atoms with Crippen LogP contribution < -0.4 is 5.32 Å². The van der Waals surface area contributed by atoms with Crippen LogP contribution in [0.15, 0.2) is 6.20 Å². The Kier molecular flexibility index (Phi) is 3.79. The van der Waals surface area contributed by atoms with E-state index in [1.54, 1.807) is 10.9 Å². The second kappa shape index (κ2) is 5.54. The molecule has 0 radical (unpaired) electrons. The van der Waals surface area contributed by atoms with Crippen LogP contribution in [0.4, 0.5) is 0 Å². The Morgan fingerprint density at radius 1 is 1.47 bits per heavy atom. The highest BCUT2D eigenvalue weighted by atomic mass is 16.5. The van der Waals surface area contributed by atoms with E-state index in [4.69, 9.17) is 9.84 Å². The van der Waals surface area contributed by atoms with Crippen LogP contribution in [0.25, 0.3) is 0 Å². The maximum atomic E-state index is 9.95. The molecular weight excluding hydrogens is 248 g/mol. The summed E-state index contributed by atoms with van der Waals surface area (Å²) in [5.41, 5.74) is 0.543. The number of aromatic nitrogens is 3. The van der Waals surface area contributed by atoms with Crippen molar-refractivity contribution in [2.24, 2.45) is 5.92 Å². The first-order chi connectivity index (χ1) is 9.26. The minimum atomic E-state index is -0.468. The fraction of sp³-hybridized carbons (Fsp3) is 0.833. The molecule has 0 aromatic carbocycles. The van der Waals surface area contributed by atoms with Gasteiger partial charge in [-0.15, -0.1) is 5.10 Å². The molecule has 1 aliphatic carbocycles. The molecule has 0 unspecified atom stereocenters. The molecule has 106 valence electrons. The molecule has 7 nitrogen and oxygen atoms in total. The summed E-state index contributed by atoms with van der Waals surface area (Å²) in [4.78, 5) is 0. The predicted molar refractivity (Wildman–Crippen MR) is 66.2 cm³/mol. The molecule has 2 heterocycles. The number of hydrogen-bond acceptors (Lipinski definition) is 6. The summed E-state index contributed by atoms with van der Waals surface area (Å²) in [5, 5.41) is 30.1. The van der Waals surface area contributed by atoms with Crippen LogP contribution in [-0.2, 0) is 17.9 Å². The fourth-order valence-corrected chi connectivity index (χ4v) is 2.42. The van der Waals surface area contributed by atoms with Gasteiger partial charge in [-0.25, -0.2) is 4.68 Å². The number of aliphatic hydroxyl groups is 2. The standard InChI is InChI=1S/C12H20N4O3/c17-6-9-4-16(15-14-9)5-11-12(10(18)7-19-11)13-3-8-1-2-8/h4,8,10-13,17-18H,1-3,5-7H2/t10-,11+,12+/m0/s1. The van der Waals surface area contributed by atoms with Crippen LogP contribution >= 0.6 is 0 Å². The third-order valence-corrected chi connectivity index (χ3v) is 3.75. The van der Waals surface area contributed by atoms with E-state index in [0.717, 1.165) is 12.5 Å². The summed E-state index contributed by atoms with van der Waals surface area (Å²) < 4.78 is 7.27. The van der Waals surface area contributed by atoms with Gasteiger partial charge >= 0.3 is 0 Å². The van der Waals surface area contributed by atoms with E-state index < -0.39 is 6.10 Å². The van der Waals surface area contributed by atoms with Gasteiger partial charge in [0.15, 0.2) is 0 Å². The first-order valence-corrected chi connectivity index (χ1v) is 6.79. The summed E-state index contributed by atoms with van der Waals surface area (Å²) in [6.45, 7) is 1.72. The van der Waals surface area contributed by atoms with Crippen LogP contribution in [0.1, 0.15) is 18.5 Å². The predicted octanol–water partition coefficient (Wildman–Crippen LogP) is -1.10. The Morgan fingerprint density at radius 3 is 3.00 bits per heavy atom. The molecule has 1 saturated heterocycles. The number of hydrogen-bond donors (Lipinski definition) is 3. The number of aliphatic hydroxyl groups excluding tert-OH is 2. The van der Waals surface area contributed by atoms with Crippen molar-refractivity contribution in [3.05, 3.63) is 11.9 Å². The van der Waals surface area contributed by atoms with E-state index in [1.165, 1.54) is 12.8 Å². The maximum absolute atomic E-state index is 9.95. The van der Waals surface area contributed by atoms with Crippen molar-refractivity contribution in [1.29, 1.82) is 0 Å². The molecule has 0 amide bonds. The number of nitrogens with one attached hydrogen (secondary N) is 1. The molecule has 3 rings (SSSR count). The van der Waals surface area contributed by atoms with Crippen molar-refractivity contribution < 1.29 is 14.9 Å². The summed E-state index contributed by atoms with van der Waals surface area (Å²) in [5.74, 6) is 0.765. The van der Waals surface area contributed by atoms with Gasteiger partial charge in [-0.05, 0) is 25.3 Å². The van der Waals surface area contributed by atoms with Crippen molar-refractivity contribution in [3.8, 4) is 0 Å². The number of rotatable bonds is 6. The lowest BCUT2D eigenvalue weighted by Crippen LogP contribution is -2.46. The fourth-order valence-electron chi connectivity index (χ4n) is 2.42. The van der Waals surface area contributed by atoms with Gasteiger partial charge in [0.2, 0.25) is 0 Å². The molecule has 7 heteroatoms. The highest BCUT2D eigenvalue weighted by molar-refractivity contribution is 4.94. The molecule has 1 aromatic rings. The molecule has 0 bridgehead atoms. The van der Waals surface area contributed by atoms with E-state index in [9.17, 15) is 5.11 Å². The van der Waals surface area contributed by atoms with E-state index in [-0.39, 0.29) is 18.8 Å². The second-order valence-electron chi connectivity index (χ2n) is 5.41. The second-order valence-corrected chi connectivity index (χ2v) is 5.41. The molecule has 0 spiro atoms. The first kappa shape index (κ1) is 13.0. The summed E-state index contributed by atoms with van der Waals surface area (Å²) >= 11 is 0. The average molecular weight is 268 g/mol. The van der Waals surface area contributed by atoms with Gasteiger partial charge in [0.25, 0.3) is 0 Å². The minimum absolute atomic E-state index is 0.0534. The van der Waals surface area contributed by atoms with Crippen LogP contribution in [0.5, 0.6) is 0 Å². The molecule has 3 N–H and O–H groups in total. The van der Waals surface area contributed by atoms with Crippen molar-refractivity contribution in [1.82, 2.24) is 20.3 Å². The third kappa shape index (κ3) is 3.11. The maximum Gasteiger partial charge on any atom is 0.108 e. The van der Waals surface area contributed by atoms with Crippen molar-refractivity contribution >= 4 is 0 Å². The van der Waals surface area contributed by atoms with Crippen molar-refractivity contribution in [3.63, 3.8) is 0 Å². The lowest BCUT2D eigenvalue weighted by Gasteiger charge is -2.21. The average Bonchev–Trinajstić information content (AvgIpc) is 3.03. The Bertz CT molecular complexity index is 421. The molecule has 19 heavy (non-hydrogen) atoms. The van der Waals surface area contributed by atoms with Crippen LogP contribution in [-0.4, -0.2) is 56.6 Å². The Hall–Kier alpha value is -1.02. The zero-order chi connectivity index (χ0) is 13.2. The van der Waals surface area contributed by atoms with Gasteiger partial charge in [0.1, 0.15) is 5.69 Å². The van der Waals surface area contributed by atoms with Gasteiger partial charge < -0.3 is 20.3 Å². The highest BCUT2D eigenvalue weighted by Crippen LogP contribution is 2.28. The van der Waals surface area contributed by atoms with Gasteiger partial charge in [0, 0.05) is 0 Å². The van der Waals surface area contributed by atoms with Crippen LogP contribution in [0.3, 0.4) is 0 Å². The van der Waals surface area contributed by atoms with Crippen LogP contribution in [0, 0.1) is 5.92 Å². The van der Waals surface area contributed by atoms with E-state index >= 15 is 0 Å². The minimum Gasteiger partial charge on any atom is -0.390 e. The Balaban J connectivity index is 1.57. The number of nitrogens with zero attached hydrogens (tertiary/aromatic N) is 3. The first-order valence-electron chi connectivity index (χ1n) is 6.79. The van der Waals surface area contributed by atoms with E-state index in [2.05, 4.69) is 15.6 Å². The summed E-state index contributed by atoms with van der Waals surface area (Å²) in [7, 11) is 0. The molecule has 2 fully saturated rings. The summed E-state index contributed by atoms with van der Waals surface area (Å²) in [6, 6.07) is -0.0534. The molecule has 2 aliphatic rings. The SMILES string of the molecule is OCc1cn(C[C@H]2OC[C@H](O)[C@H]2NCC2CC2)nn1. The zero-order valence-corrected chi connectivity index (χ0v) is 10.8. The Labute approximate surface area is 111 Å². The largest absolute Gasteiger partial charge is 0.390 e. The number of ether oxygens (including phenoxy) is 1. The van der Waals surface area contributed by atoms with Gasteiger partial charge in [-0.2, -0.15) is 0 Å². The topological polar surface area (TPSA) is 92.4 Å².